The van der Waals surface area contributed by atoms with Gasteiger partial charge in [0, 0.05) is 32.0 Å². The normalized spacial score (nSPS) is 14.4. The zero-order valence-corrected chi connectivity index (χ0v) is 16.2. The molecule has 1 aromatic carbocycles. The van der Waals surface area contributed by atoms with Gasteiger partial charge in [-0.3, -0.25) is 14.6 Å². The molecule has 1 N–H and O–H groups in total. The highest BCUT2D eigenvalue weighted by atomic mass is 16.5. The van der Waals surface area contributed by atoms with Gasteiger partial charge >= 0.3 is 0 Å². The molecule has 0 radical (unpaired) electrons. The summed E-state index contributed by atoms with van der Waals surface area (Å²) in [5.74, 6) is 1.11. The Bertz CT molecular complexity index is 818. The molecule has 0 aliphatic carbocycles. The molecule has 0 spiro atoms. The summed E-state index contributed by atoms with van der Waals surface area (Å²) in [6.07, 6.45) is 4.95. The zero-order valence-electron chi connectivity index (χ0n) is 16.2. The average molecular weight is 383 g/mol. The summed E-state index contributed by atoms with van der Waals surface area (Å²) in [5.41, 5.74) is 1.06. The first-order valence-electron chi connectivity index (χ1n) is 9.32. The molecular weight excluding hydrogens is 358 g/mol. The highest BCUT2D eigenvalue weighted by Crippen LogP contribution is 2.30. The fraction of sp³-hybridized carbons (Fsp3) is 0.381. The summed E-state index contributed by atoms with van der Waals surface area (Å²) in [7, 11) is 3.06. The molecule has 28 heavy (non-hydrogen) atoms. The highest BCUT2D eigenvalue weighted by molar-refractivity contribution is 5.97. The first-order chi connectivity index (χ1) is 13.6. The van der Waals surface area contributed by atoms with E-state index in [2.05, 4.69) is 10.3 Å². The predicted octanol–water partition coefficient (Wildman–Crippen LogP) is 2.38. The quantitative estimate of drug-likeness (QED) is 0.828. The van der Waals surface area contributed by atoms with E-state index in [0.29, 0.717) is 48.2 Å². The molecule has 2 heterocycles. The van der Waals surface area contributed by atoms with Crippen LogP contribution in [0.3, 0.4) is 0 Å². The Labute approximate surface area is 164 Å². The molecule has 1 aliphatic heterocycles. The van der Waals surface area contributed by atoms with Crippen molar-refractivity contribution in [3.8, 4) is 11.5 Å². The van der Waals surface area contributed by atoms with Crippen molar-refractivity contribution < 1.29 is 19.1 Å². The van der Waals surface area contributed by atoms with Crippen LogP contribution in [0.1, 0.15) is 33.6 Å². The van der Waals surface area contributed by atoms with Gasteiger partial charge in [-0.15, -0.1) is 0 Å². The minimum Gasteiger partial charge on any atom is -0.493 e. The van der Waals surface area contributed by atoms with Crippen LogP contribution in [0.25, 0.3) is 0 Å². The molecule has 2 amide bonds. The summed E-state index contributed by atoms with van der Waals surface area (Å²) < 4.78 is 10.6. The van der Waals surface area contributed by atoms with Gasteiger partial charge in [-0.25, -0.2) is 0 Å². The lowest BCUT2D eigenvalue weighted by Crippen LogP contribution is -2.41. The number of hydrogen-bond acceptors (Lipinski definition) is 5. The number of nitrogens with one attached hydrogen (secondary N) is 1. The maximum atomic E-state index is 12.6. The van der Waals surface area contributed by atoms with Gasteiger partial charge in [-0.05, 0) is 43.0 Å². The minimum absolute atomic E-state index is 0.0108. The van der Waals surface area contributed by atoms with Gasteiger partial charge in [0.05, 0.1) is 25.3 Å². The van der Waals surface area contributed by atoms with E-state index in [9.17, 15) is 9.59 Å². The van der Waals surface area contributed by atoms with E-state index < -0.39 is 0 Å². The summed E-state index contributed by atoms with van der Waals surface area (Å²) in [6, 6.07) is 8.78. The molecule has 0 atom stereocenters. The number of piperidine rings is 1. The Balaban J connectivity index is 1.52. The molecule has 3 rings (SSSR count). The molecule has 0 saturated carbocycles. The van der Waals surface area contributed by atoms with E-state index in [1.165, 1.54) is 7.11 Å². The Morgan fingerprint density at radius 1 is 1.14 bits per heavy atom. The Hall–Kier alpha value is -3.09. The SMILES string of the molecule is COc1cccc(C(=O)NCC2CCN(C(=O)c3cccnc3)CC2)c1OC. The monoisotopic (exact) mass is 383 g/mol. The van der Waals surface area contributed by atoms with E-state index in [-0.39, 0.29) is 11.8 Å². The van der Waals surface area contributed by atoms with Crippen molar-refractivity contribution in [1.82, 2.24) is 15.2 Å². The van der Waals surface area contributed by atoms with Crippen molar-refractivity contribution >= 4 is 11.8 Å². The average Bonchev–Trinajstić information content (AvgIpc) is 2.77. The third kappa shape index (κ3) is 4.42. The Morgan fingerprint density at radius 2 is 1.93 bits per heavy atom. The third-order valence-corrected chi connectivity index (χ3v) is 5.01. The molecule has 1 aliphatic rings. The van der Waals surface area contributed by atoms with E-state index in [0.717, 1.165) is 12.8 Å². The topological polar surface area (TPSA) is 80.8 Å². The number of nitrogens with zero attached hydrogens (tertiary/aromatic N) is 2. The number of hydrogen-bond donors (Lipinski definition) is 1. The number of pyridine rings is 1. The lowest BCUT2D eigenvalue weighted by molar-refractivity contribution is 0.0683. The summed E-state index contributed by atoms with van der Waals surface area (Å²) in [4.78, 5) is 30.9. The van der Waals surface area contributed by atoms with Gasteiger partial charge in [0.1, 0.15) is 0 Å². The van der Waals surface area contributed by atoms with Gasteiger partial charge in [-0.2, -0.15) is 0 Å². The highest BCUT2D eigenvalue weighted by Gasteiger charge is 2.24. The molecule has 0 unspecified atom stereocenters. The van der Waals surface area contributed by atoms with Crippen LogP contribution in [-0.2, 0) is 0 Å². The van der Waals surface area contributed by atoms with E-state index in [1.54, 1.807) is 49.8 Å². The van der Waals surface area contributed by atoms with Crippen molar-refractivity contribution in [2.24, 2.45) is 5.92 Å². The van der Waals surface area contributed by atoms with E-state index in [1.807, 2.05) is 4.90 Å². The number of carbonyl (C=O) groups excluding carboxylic acids is 2. The Morgan fingerprint density at radius 3 is 2.57 bits per heavy atom. The number of rotatable bonds is 6. The first-order valence-corrected chi connectivity index (χ1v) is 9.32. The van der Waals surface area contributed by atoms with E-state index in [4.69, 9.17) is 9.47 Å². The van der Waals surface area contributed by atoms with Gasteiger partial charge in [-0.1, -0.05) is 6.07 Å². The van der Waals surface area contributed by atoms with Crippen molar-refractivity contribution in [2.75, 3.05) is 33.9 Å². The largest absolute Gasteiger partial charge is 0.493 e. The summed E-state index contributed by atoms with van der Waals surface area (Å²) in [5, 5.41) is 2.98. The second-order valence-electron chi connectivity index (χ2n) is 6.73. The standard InChI is InChI=1S/C21H25N3O4/c1-27-18-7-3-6-17(19(18)28-2)20(25)23-13-15-8-11-24(12-9-15)21(26)16-5-4-10-22-14-16/h3-7,10,14-15H,8-9,11-13H2,1-2H3,(H,23,25). The van der Waals surface area contributed by atoms with Crippen LogP contribution in [-0.4, -0.2) is 55.6 Å². The van der Waals surface area contributed by atoms with Crippen molar-refractivity contribution in [2.45, 2.75) is 12.8 Å². The second-order valence-corrected chi connectivity index (χ2v) is 6.73. The number of methoxy groups -OCH3 is 2. The molecule has 1 aromatic heterocycles. The molecule has 2 aromatic rings. The van der Waals surface area contributed by atoms with Gasteiger partial charge in [0.25, 0.3) is 11.8 Å². The van der Waals surface area contributed by atoms with Crippen LogP contribution < -0.4 is 14.8 Å². The number of amides is 2. The van der Waals surface area contributed by atoms with Crippen LogP contribution >= 0.6 is 0 Å². The molecule has 7 nitrogen and oxygen atoms in total. The van der Waals surface area contributed by atoms with E-state index >= 15 is 0 Å². The molecule has 0 bridgehead atoms. The summed E-state index contributed by atoms with van der Waals surface area (Å²) in [6.45, 7) is 1.92. The number of carbonyl (C=O) groups is 2. The van der Waals surface area contributed by atoms with Crippen molar-refractivity contribution in [1.29, 1.82) is 0 Å². The number of para-hydroxylation sites is 1. The van der Waals surface area contributed by atoms with Crippen LogP contribution in [0, 0.1) is 5.92 Å². The molecule has 1 fully saturated rings. The number of aromatic nitrogens is 1. The minimum atomic E-state index is -0.190. The zero-order chi connectivity index (χ0) is 19.9. The number of benzene rings is 1. The van der Waals surface area contributed by atoms with Crippen molar-refractivity contribution in [3.05, 3.63) is 53.9 Å². The van der Waals surface area contributed by atoms with Crippen LogP contribution in [0.4, 0.5) is 0 Å². The molecule has 7 heteroatoms. The molecule has 148 valence electrons. The van der Waals surface area contributed by atoms with Gasteiger partial charge < -0.3 is 19.7 Å². The van der Waals surface area contributed by atoms with Gasteiger partial charge in [0.2, 0.25) is 0 Å². The van der Waals surface area contributed by atoms with Crippen LogP contribution in [0.2, 0.25) is 0 Å². The smallest absolute Gasteiger partial charge is 0.255 e. The lowest BCUT2D eigenvalue weighted by Gasteiger charge is -2.32. The predicted molar refractivity (Wildman–Crippen MR) is 105 cm³/mol. The fourth-order valence-electron chi connectivity index (χ4n) is 3.41. The number of likely N-dealkylation sites (tertiary alicyclic amines) is 1. The second kappa shape index (κ2) is 9.21. The number of ether oxygens (including phenoxy) is 2. The van der Waals surface area contributed by atoms with Crippen molar-refractivity contribution in [3.63, 3.8) is 0 Å². The maximum absolute atomic E-state index is 12.6. The maximum Gasteiger partial charge on any atom is 0.255 e. The molecule has 1 saturated heterocycles. The van der Waals surface area contributed by atoms with Crippen LogP contribution in [0.5, 0.6) is 11.5 Å². The van der Waals surface area contributed by atoms with Crippen LogP contribution in [0.15, 0.2) is 42.7 Å². The Kier molecular flexibility index (Phi) is 6.47. The van der Waals surface area contributed by atoms with Gasteiger partial charge in [0.15, 0.2) is 11.5 Å². The third-order valence-electron chi connectivity index (χ3n) is 5.01. The first kappa shape index (κ1) is 19.7. The summed E-state index contributed by atoms with van der Waals surface area (Å²) >= 11 is 0. The molecular formula is C21H25N3O4. The lowest BCUT2D eigenvalue weighted by atomic mass is 9.96. The fourth-order valence-corrected chi connectivity index (χ4v) is 3.41.